The first-order valence-corrected chi connectivity index (χ1v) is 26.6. The highest BCUT2D eigenvalue weighted by molar-refractivity contribution is 5.73. The van der Waals surface area contributed by atoms with E-state index in [-0.39, 0.29) is 0 Å². The Morgan fingerprint density at radius 2 is 0.607 bits per heavy atom. The molecule has 0 aromatic heterocycles. The van der Waals surface area contributed by atoms with E-state index in [1.54, 1.807) is 0 Å². The molecular weight excluding hydrogens is 1160 g/mol. The van der Waals surface area contributed by atoms with Gasteiger partial charge >= 0.3 is 0 Å². The zero-order chi connectivity index (χ0) is 61.9. The van der Waals surface area contributed by atoms with E-state index in [1.165, 1.54) is 0 Å². The van der Waals surface area contributed by atoms with Gasteiger partial charge in [-0.25, -0.2) is 0 Å². The lowest BCUT2D eigenvalue weighted by Gasteiger charge is -2.50. The molecule has 84 heavy (non-hydrogen) atoms. The van der Waals surface area contributed by atoms with E-state index in [2.05, 4.69) is 10.6 Å². The van der Waals surface area contributed by atoms with Gasteiger partial charge in [0.25, 0.3) is 0 Å². The van der Waals surface area contributed by atoms with Crippen LogP contribution in [0, 0.1) is 0 Å². The van der Waals surface area contributed by atoms with Crippen LogP contribution in [0.1, 0.15) is 13.8 Å². The van der Waals surface area contributed by atoms with E-state index in [9.17, 15) is 117 Å². The van der Waals surface area contributed by atoms with Crippen molar-refractivity contribution in [2.75, 3.05) is 46.2 Å². The van der Waals surface area contributed by atoms with Gasteiger partial charge in [-0.3, -0.25) is 9.59 Å². The van der Waals surface area contributed by atoms with Crippen molar-refractivity contribution in [2.45, 2.75) is 229 Å². The summed E-state index contributed by atoms with van der Waals surface area (Å²) in [5.41, 5.74) is 0. The molecule has 488 valence electrons. The molecule has 35 atom stereocenters. The molecule has 7 fully saturated rings. The summed E-state index contributed by atoms with van der Waals surface area (Å²) in [6.07, 6.45) is -63.4. The topological polar surface area (TPSA) is 603 Å². The van der Waals surface area contributed by atoms with Gasteiger partial charge in [0.15, 0.2) is 44.0 Å². The Bertz CT molecular complexity index is 2060. The van der Waals surface area contributed by atoms with Crippen LogP contribution in [-0.2, 0) is 71.2 Å². The first-order valence-electron chi connectivity index (χ1n) is 26.6. The minimum Gasteiger partial charge on any atom is -0.394 e. The Hall–Kier alpha value is -2.42. The van der Waals surface area contributed by atoms with Crippen LogP contribution in [0.25, 0.3) is 0 Å². The Labute approximate surface area is 475 Å². The van der Waals surface area contributed by atoms with Gasteiger partial charge in [-0.1, -0.05) is 0 Å². The minimum atomic E-state index is -2.25. The quantitative estimate of drug-likeness (QED) is 0.0507. The molecule has 0 aliphatic carbocycles. The van der Waals surface area contributed by atoms with Gasteiger partial charge in [0, 0.05) is 13.8 Å². The summed E-state index contributed by atoms with van der Waals surface area (Å²) < 4.78 is 73.3. The number of amides is 2. The third-order valence-corrected chi connectivity index (χ3v) is 15.3. The maximum Gasteiger partial charge on any atom is 0.217 e. The molecule has 7 saturated heterocycles. The number of carbonyl (C=O) groups is 2. The highest BCUT2D eigenvalue weighted by Crippen LogP contribution is 2.36. The maximum atomic E-state index is 12.5. The fourth-order valence-corrected chi connectivity index (χ4v) is 10.6. The molecule has 7 aliphatic heterocycles. The van der Waals surface area contributed by atoms with E-state index in [0.29, 0.717) is 0 Å². The third kappa shape index (κ3) is 14.9. The number of aliphatic hydroxyl groups is 21. The number of ether oxygens (including phenoxy) is 13. The van der Waals surface area contributed by atoms with Gasteiger partial charge in [0.1, 0.15) is 171 Å². The molecular formula is C46H78N2O36. The van der Waals surface area contributed by atoms with Crippen molar-refractivity contribution in [1.82, 2.24) is 10.6 Å². The van der Waals surface area contributed by atoms with Crippen molar-refractivity contribution in [3.05, 3.63) is 0 Å². The SMILES string of the molecule is CC(=O)N[C@@H]1[C@@H](O)[C@H](O[C@@H]2O[C@H](CO)[C@@H](O[C@@H]3O[C@H](CO)[C@@H](O)[C@H](O[C@H]4O[C@H](CO[C@H]5O[C@H](CO)[C@@H](O)[C@H](O[C@H]6O[C@H](CO[C@H]7O[C@H](CO)[C@@H](O)[C@H](O)[C@@H]7O)[C@@H](O)[C@H](O)[C@@H]6O)[C@@H]5O)[C@@H](O)[C@H](O)[C@@H]4O)[C@@H]3O)[C@H](O)[C@H]2NC(C)=O)[C@@H](CO)O[C@H]1O. The number of aliphatic hydroxyl groups excluding tert-OH is 21. The van der Waals surface area contributed by atoms with Crippen molar-refractivity contribution in [3.8, 4) is 0 Å². The van der Waals surface area contributed by atoms with Gasteiger partial charge in [-0.2, -0.15) is 0 Å². The summed E-state index contributed by atoms with van der Waals surface area (Å²) in [6, 6.07) is -3.25. The molecule has 0 radical (unpaired) electrons. The predicted octanol–water partition coefficient (Wildman–Crippen LogP) is -16.0. The second-order valence-corrected chi connectivity index (χ2v) is 21.1. The second kappa shape index (κ2) is 29.9. The normalized spacial score (nSPS) is 50.3. The van der Waals surface area contributed by atoms with E-state index >= 15 is 0 Å². The zero-order valence-corrected chi connectivity index (χ0v) is 44.7. The Balaban J connectivity index is 1.01. The van der Waals surface area contributed by atoms with Crippen LogP contribution >= 0.6 is 0 Å². The van der Waals surface area contributed by atoms with Crippen molar-refractivity contribution in [2.24, 2.45) is 0 Å². The summed E-state index contributed by atoms with van der Waals surface area (Å²) in [5, 5.41) is 230. The molecule has 7 heterocycles. The lowest BCUT2D eigenvalue weighted by Crippen LogP contribution is -2.70. The molecule has 0 aromatic carbocycles. The lowest BCUT2D eigenvalue weighted by atomic mass is 9.94. The van der Waals surface area contributed by atoms with Gasteiger partial charge in [0.2, 0.25) is 11.8 Å². The molecule has 0 unspecified atom stereocenters. The highest BCUT2D eigenvalue weighted by Gasteiger charge is 2.58. The maximum absolute atomic E-state index is 12.5. The van der Waals surface area contributed by atoms with E-state index in [4.69, 9.17) is 61.6 Å². The van der Waals surface area contributed by atoms with Crippen LogP contribution in [0.4, 0.5) is 0 Å². The van der Waals surface area contributed by atoms with Crippen LogP contribution < -0.4 is 10.6 Å². The van der Waals surface area contributed by atoms with E-state index < -0.39 is 273 Å². The molecule has 0 saturated carbocycles. The van der Waals surface area contributed by atoms with E-state index in [0.717, 1.165) is 13.8 Å². The first-order chi connectivity index (χ1) is 39.7. The first kappa shape index (κ1) is 69.1. The average Bonchev–Trinajstić information content (AvgIpc) is 3.13. The Morgan fingerprint density at radius 3 is 1.05 bits per heavy atom. The molecule has 38 nitrogen and oxygen atoms in total. The monoisotopic (exact) mass is 1230 g/mol. The van der Waals surface area contributed by atoms with Crippen LogP contribution in [0.15, 0.2) is 0 Å². The second-order valence-electron chi connectivity index (χ2n) is 21.1. The zero-order valence-electron chi connectivity index (χ0n) is 44.7. The third-order valence-electron chi connectivity index (χ3n) is 15.3. The summed E-state index contributed by atoms with van der Waals surface area (Å²) in [7, 11) is 0. The lowest BCUT2D eigenvalue weighted by molar-refractivity contribution is -0.384. The van der Waals surface area contributed by atoms with Crippen LogP contribution in [0.2, 0.25) is 0 Å². The van der Waals surface area contributed by atoms with E-state index in [1.807, 2.05) is 0 Å². The summed E-state index contributed by atoms with van der Waals surface area (Å²) in [4.78, 5) is 24.4. The number of nitrogens with one attached hydrogen (secondary N) is 2. The fraction of sp³-hybridized carbons (Fsp3) is 0.957. The standard InChI is InChI=1S/C46H78N2O36/c1-10(54)47-19-26(61)36(15(6-52)74-40(19)71)81-41-20(48-11(2)55)27(62)37(16(7-53)78-41)82-46-35(70)39(25(60)14(5-51)77-46)84-45-33(68)30(65)23(58)18(80-45)9-73-43-34(69)38(24(59)13(4-50)76-43)83-44-32(67)29(64)22(57)17(79-44)8-72-42-31(66)28(63)21(56)12(3-49)75-42/h12-46,49-53,56-71H,3-9H2,1-2H3,(H,47,54)(H,48,55)/t12-,13-,14-,15-,16-,17-,18-,19-,20-,21-,22-,23-,24-,25-,26-,27-,28+,29+,30+,31+,32+,33+,34+,35+,36-,37-,38+,39+,40-,41+,42+,43+,44-,45-,46+/m1/s1. The predicted molar refractivity (Wildman–Crippen MR) is 255 cm³/mol. The van der Waals surface area contributed by atoms with Gasteiger partial charge < -0.3 is 179 Å². The molecule has 23 N–H and O–H groups in total. The number of hydrogen-bond acceptors (Lipinski definition) is 36. The van der Waals surface area contributed by atoms with Crippen molar-refractivity contribution in [3.63, 3.8) is 0 Å². The van der Waals surface area contributed by atoms with Gasteiger partial charge in [-0.05, 0) is 0 Å². The molecule has 0 aromatic rings. The summed E-state index contributed by atoms with van der Waals surface area (Å²) in [5.74, 6) is -1.54. The van der Waals surface area contributed by atoms with Gasteiger partial charge in [-0.15, -0.1) is 0 Å². The molecule has 0 bridgehead atoms. The molecule has 2 amide bonds. The number of hydrogen-bond donors (Lipinski definition) is 23. The van der Waals surface area contributed by atoms with Crippen LogP contribution in [0.3, 0.4) is 0 Å². The van der Waals surface area contributed by atoms with Crippen LogP contribution in [-0.4, -0.2) is 380 Å². The molecule has 7 aliphatic rings. The minimum absolute atomic E-state index is 0.714. The largest absolute Gasteiger partial charge is 0.394 e. The summed E-state index contributed by atoms with van der Waals surface area (Å²) in [6.45, 7) is -4.44. The average molecular weight is 1240 g/mol. The molecule has 0 spiro atoms. The smallest absolute Gasteiger partial charge is 0.217 e. The van der Waals surface area contributed by atoms with Gasteiger partial charge in [0.05, 0.1) is 46.2 Å². The molecule has 38 heteroatoms. The number of carbonyl (C=O) groups excluding carboxylic acids is 2. The van der Waals surface area contributed by atoms with Crippen molar-refractivity contribution >= 4 is 11.8 Å². The highest BCUT2D eigenvalue weighted by atomic mass is 16.8. The number of rotatable bonds is 21. The fourth-order valence-electron chi connectivity index (χ4n) is 10.6. The molecule has 7 rings (SSSR count). The summed E-state index contributed by atoms with van der Waals surface area (Å²) >= 11 is 0. The van der Waals surface area contributed by atoms with Crippen LogP contribution in [0.5, 0.6) is 0 Å². The Morgan fingerprint density at radius 1 is 0.310 bits per heavy atom. The Kier molecular flexibility index (Phi) is 24.6. The van der Waals surface area contributed by atoms with Crippen molar-refractivity contribution in [1.29, 1.82) is 0 Å². The van der Waals surface area contributed by atoms with Crippen molar-refractivity contribution < 1.29 is 178 Å².